The Bertz CT molecular complexity index is 1440. The predicted molar refractivity (Wildman–Crippen MR) is 125 cm³/mol. The molecule has 0 spiro atoms. The highest BCUT2D eigenvalue weighted by Crippen LogP contribution is 2.35. The van der Waals surface area contributed by atoms with E-state index in [0.717, 1.165) is 0 Å². The number of aryl methyl sites for hydroxylation is 1. The first kappa shape index (κ1) is 22.8. The van der Waals surface area contributed by atoms with Gasteiger partial charge < -0.3 is 29.1 Å². The molecular weight excluding hydrogens is 442 g/mol. The average Bonchev–Trinajstić information content (AvgIpc) is 2.84. The molecule has 0 unspecified atom stereocenters. The van der Waals surface area contributed by atoms with Gasteiger partial charge in [0, 0.05) is 5.39 Å². The van der Waals surface area contributed by atoms with Crippen LogP contribution in [0.2, 0.25) is 0 Å². The van der Waals surface area contributed by atoms with Crippen LogP contribution in [0, 0.1) is 12.1 Å². The van der Waals surface area contributed by atoms with Gasteiger partial charge in [-0.3, -0.25) is 5.21 Å². The van der Waals surface area contributed by atoms with E-state index in [9.17, 15) is 14.8 Å². The molecule has 0 aliphatic carbocycles. The van der Waals surface area contributed by atoms with Gasteiger partial charge >= 0.3 is 11.6 Å². The van der Waals surface area contributed by atoms with Crippen molar-refractivity contribution in [1.82, 2.24) is 0 Å². The Morgan fingerprint density at radius 1 is 1.00 bits per heavy atom. The van der Waals surface area contributed by atoms with E-state index < -0.39 is 11.6 Å². The van der Waals surface area contributed by atoms with Crippen molar-refractivity contribution in [3.05, 3.63) is 87.4 Å². The van der Waals surface area contributed by atoms with Gasteiger partial charge in [-0.1, -0.05) is 12.1 Å². The van der Waals surface area contributed by atoms with Crippen LogP contribution in [-0.2, 0) is 0 Å². The third-order valence-electron chi connectivity index (χ3n) is 5.32. The van der Waals surface area contributed by atoms with Gasteiger partial charge in [-0.05, 0) is 66.6 Å². The largest absolute Gasteiger partial charge is 0.733 e. The minimum Gasteiger partial charge on any atom is -0.733 e. The predicted octanol–water partition coefficient (Wildman–Crippen LogP) is 4.70. The molecule has 9 heteroatoms. The lowest BCUT2D eigenvalue weighted by atomic mass is 9.99. The van der Waals surface area contributed by atoms with Gasteiger partial charge in [-0.25, -0.2) is 9.59 Å². The first-order valence-electron chi connectivity index (χ1n) is 10.1. The number of carbonyl (C=O) groups excluding carboxylic acids is 1. The summed E-state index contributed by atoms with van der Waals surface area (Å²) in [7, 11) is 3.02. The van der Waals surface area contributed by atoms with Crippen molar-refractivity contribution in [2.45, 2.75) is 6.92 Å². The number of anilines is 1. The van der Waals surface area contributed by atoms with Crippen LogP contribution in [-0.4, -0.2) is 25.4 Å². The molecule has 4 rings (SSSR count). The zero-order chi connectivity index (χ0) is 24.4. The number of nitrogens with zero attached hydrogens (tertiary/aromatic N) is 1. The third kappa shape index (κ3) is 4.29. The molecule has 34 heavy (non-hydrogen) atoms. The molecule has 0 radical (unpaired) electrons. The molecule has 0 atom stereocenters. The van der Waals surface area contributed by atoms with Crippen molar-refractivity contribution >= 4 is 22.6 Å². The fourth-order valence-electron chi connectivity index (χ4n) is 3.64. The molecule has 0 saturated carbocycles. The molecule has 1 aromatic heterocycles. The van der Waals surface area contributed by atoms with Crippen molar-refractivity contribution in [2.24, 2.45) is 0 Å². The fraction of sp³-hybridized carbons (Fsp3) is 0.120. The lowest BCUT2D eigenvalue weighted by molar-refractivity contribution is 0.0735. The van der Waals surface area contributed by atoms with Crippen molar-refractivity contribution in [1.29, 1.82) is 0 Å². The van der Waals surface area contributed by atoms with Crippen molar-refractivity contribution in [3.8, 4) is 28.4 Å². The number of esters is 1. The number of fused-ring (bicyclic) bond motifs is 1. The average molecular weight is 462 g/mol. The van der Waals surface area contributed by atoms with E-state index in [4.69, 9.17) is 23.8 Å². The number of methoxy groups -OCH3 is 2. The molecule has 1 N–H and O–H groups in total. The minimum atomic E-state index is -0.724. The summed E-state index contributed by atoms with van der Waals surface area (Å²) in [5, 5.41) is 20.4. The molecule has 0 aliphatic heterocycles. The molecule has 1 heterocycles. The lowest BCUT2D eigenvalue weighted by Crippen LogP contribution is -2.12. The topological polar surface area (TPSA) is 122 Å². The van der Waals surface area contributed by atoms with E-state index >= 15 is 0 Å². The first-order valence-corrected chi connectivity index (χ1v) is 10.1. The highest BCUT2D eigenvalue weighted by Gasteiger charge is 2.17. The second kappa shape index (κ2) is 9.26. The summed E-state index contributed by atoms with van der Waals surface area (Å²) in [4.78, 5) is 25.3. The number of rotatable bonds is 6. The molecule has 0 aliphatic rings. The fourth-order valence-corrected chi connectivity index (χ4v) is 3.64. The number of hydrogen-bond acceptors (Lipinski definition) is 9. The van der Waals surface area contributed by atoms with Crippen LogP contribution in [0.4, 0.5) is 5.69 Å². The highest BCUT2D eigenvalue weighted by molar-refractivity contribution is 5.93. The molecule has 0 fully saturated rings. The maximum atomic E-state index is 12.8. The lowest BCUT2D eigenvalue weighted by Gasteiger charge is -2.21. The minimum absolute atomic E-state index is 0.0785. The van der Waals surface area contributed by atoms with Crippen molar-refractivity contribution in [3.63, 3.8) is 0 Å². The van der Waals surface area contributed by atoms with Crippen LogP contribution in [0.1, 0.15) is 15.9 Å². The SMILES string of the molecule is COc1ccc(-c2c(C)c3cc(OC(=O)c4cccc(N([O-])O)c4)ccc3oc2=O)cc1OC. The molecule has 174 valence electrons. The normalized spacial score (nSPS) is 10.7. The molecular formula is C25H20NO8-. The van der Waals surface area contributed by atoms with E-state index in [-0.39, 0.29) is 22.2 Å². The van der Waals surface area contributed by atoms with E-state index in [1.807, 2.05) is 0 Å². The summed E-state index contributed by atoms with van der Waals surface area (Å²) >= 11 is 0. The van der Waals surface area contributed by atoms with Gasteiger partial charge in [-0.2, -0.15) is 0 Å². The highest BCUT2D eigenvalue weighted by atomic mass is 16.8. The molecule has 0 saturated heterocycles. The summed E-state index contributed by atoms with van der Waals surface area (Å²) in [6.07, 6.45) is 0. The summed E-state index contributed by atoms with van der Waals surface area (Å²) < 4.78 is 21.6. The van der Waals surface area contributed by atoms with E-state index in [0.29, 0.717) is 39.2 Å². The van der Waals surface area contributed by atoms with Gasteiger partial charge in [0.25, 0.3) is 0 Å². The van der Waals surface area contributed by atoms with Gasteiger partial charge in [0.15, 0.2) is 11.5 Å². The van der Waals surface area contributed by atoms with Gasteiger partial charge in [-0.15, -0.1) is 0 Å². The Balaban J connectivity index is 1.74. The molecule has 9 nitrogen and oxygen atoms in total. The zero-order valence-corrected chi connectivity index (χ0v) is 18.5. The van der Waals surface area contributed by atoms with Crippen LogP contribution in [0.15, 0.2) is 69.9 Å². The Morgan fingerprint density at radius 2 is 1.76 bits per heavy atom. The maximum Gasteiger partial charge on any atom is 0.344 e. The number of ether oxygens (including phenoxy) is 3. The van der Waals surface area contributed by atoms with Gasteiger partial charge in [0.1, 0.15) is 11.3 Å². The van der Waals surface area contributed by atoms with Crippen LogP contribution in [0.3, 0.4) is 0 Å². The summed E-state index contributed by atoms with van der Waals surface area (Å²) in [5.74, 6) is 0.469. The Morgan fingerprint density at radius 3 is 2.47 bits per heavy atom. The van der Waals surface area contributed by atoms with Gasteiger partial charge in [0.2, 0.25) is 0 Å². The molecule has 3 aromatic carbocycles. The van der Waals surface area contributed by atoms with Crippen LogP contribution in [0.25, 0.3) is 22.1 Å². The van der Waals surface area contributed by atoms with Gasteiger partial charge in [0.05, 0.1) is 31.0 Å². The Kier molecular flexibility index (Phi) is 6.22. The second-order valence-corrected chi connectivity index (χ2v) is 7.33. The van der Waals surface area contributed by atoms with E-state index in [1.165, 1.54) is 50.6 Å². The first-order chi connectivity index (χ1) is 16.3. The van der Waals surface area contributed by atoms with Crippen LogP contribution in [0.5, 0.6) is 17.2 Å². The molecule has 0 bridgehead atoms. The monoisotopic (exact) mass is 462 g/mol. The van der Waals surface area contributed by atoms with Crippen LogP contribution >= 0.6 is 0 Å². The summed E-state index contributed by atoms with van der Waals surface area (Å²) in [6.45, 7) is 1.77. The van der Waals surface area contributed by atoms with E-state index in [1.54, 1.807) is 31.2 Å². The smallest absolute Gasteiger partial charge is 0.344 e. The quantitative estimate of drug-likeness (QED) is 0.188. The summed E-state index contributed by atoms with van der Waals surface area (Å²) in [5.41, 5.74) is 1.32. The van der Waals surface area contributed by atoms with Crippen molar-refractivity contribution < 1.29 is 28.6 Å². The zero-order valence-electron chi connectivity index (χ0n) is 18.5. The Hall–Kier alpha value is -4.34. The van der Waals surface area contributed by atoms with Crippen molar-refractivity contribution in [2.75, 3.05) is 19.4 Å². The number of carbonyl (C=O) groups is 1. The molecule has 4 aromatic rings. The standard InChI is InChI=1S/C25H20NO8/c1-14-19-13-18(33-24(27)16-5-4-6-17(11-16)26(29)30)8-10-20(19)34-25(28)23(14)15-7-9-21(31-2)22(12-15)32-3/h4-13,29H,1-3H3/q-1. The summed E-state index contributed by atoms with van der Waals surface area (Å²) in [6, 6.07) is 15.2. The number of benzene rings is 3. The van der Waals surface area contributed by atoms with E-state index in [2.05, 4.69) is 0 Å². The third-order valence-corrected chi connectivity index (χ3v) is 5.32. The Labute approximate surface area is 193 Å². The molecule has 0 amide bonds. The van der Waals surface area contributed by atoms with Crippen LogP contribution < -0.4 is 25.1 Å². The maximum absolute atomic E-state index is 12.8. The number of hydrogen-bond donors (Lipinski definition) is 1. The second-order valence-electron chi connectivity index (χ2n) is 7.33.